The normalized spacial score (nSPS) is 11.1. The molecule has 2 aromatic rings. The number of phenolic OH excluding ortho intramolecular Hbond substituents is 1. The lowest BCUT2D eigenvalue weighted by molar-refractivity contribution is -0.0557. The van der Waals surface area contributed by atoms with Crippen LogP contribution in [0.1, 0.15) is 11.1 Å². The third-order valence-electron chi connectivity index (χ3n) is 2.98. The summed E-state index contributed by atoms with van der Waals surface area (Å²) < 4.78 is 30.4. The van der Waals surface area contributed by atoms with E-state index in [1.54, 1.807) is 32.0 Å². The largest absolute Gasteiger partial charge is 0.508 e. The molecular weight excluding hydrogens is 254 g/mol. The average Bonchev–Trinajstić information content (AvgIpc) is 2.60. The van der Waals surface area contributed by atoms with E-state index in [9.17, 15) is 13.9 Å². The molecule has 0 saturated heterocycles. The van der Waals surface area contributed by atoms with Crippen molar-refractivity contribution in [1.82, 2.24) is 9.78 Å². The summed E-state index contributed by atoms with van der Waals surface area (Å²) in [6, 6.07) is 5.02. The minimum atomic E-state index is -2.90. The third kappa shape index (κ3) is 2.38. The second-order valence-electron chi connectivity index (χ2n) is 4.23. The fourth-order valence-electron chi connectivity index (χ4n) is 2.00. The van der Waals surface area contributed by atoms with E-state index < -0.39 is 6.61 Å². The molecule has 0 radical (unpaired) electrons. The molecule has 0 unspecified atom stereocenters. The maximum Gasteiger partial charge on any atom is 0.388 e. The summed E-state index contributed by atoms with van der Waals surface area (Å²) in [5, 5.41) is 13.9. The van der Waals surface area contributed by atoms with Crippen LogP contribution in [0.15, 0.2) is 18.2 Å². The number of nitrogens with zero attached hydrogens (tertiary/aromatic N) is 2. The van der Waals surface area contributed by atoms with E-state index in [1.807, 2.05) is 0 Å². The Morgan fingerprint density at radius 3 is 2.58 bits per heavy atom. The molecule has 1 aromatic heterocycles. The number of aromatic nitrogens is 2. The van der Waals surface area contributed by atoms with Gasteiger partial charge in [-0.1, -0.05) is 12.1 Å². The number of aromatic hydroxyl groups is 1. The van der Waals surface area contributed by atoms with Crippen molar-refractivity contribution in [3.05, 3.63) is 29.3 Å². The van der Waals surface area contributed by atoms with Crippen molar-refractivity contribution in [2.75, 3.05) is 0 Å². The van der Waals surface area contributed by atoms with Crippen LogP contribution in [-0.4, -0.2) is 21.5 Å². The number of hydrogen-bond acceptors (Lipinski definition) is 3. The van der Waals surface area contributed by atoms with Crippen LogP contribution in [0.4, 0.5) is 8.78 Å². The van der Waals surface area contributed by atoms with Gasteiger partial charge in [-0.3, -0.25) is 0 Å². The molecule has 2 rings (SSSR count). The number of aryl methyl sites for hydroxylation is 1. The van der Waals surface area contributed by atoms with Gasteiger partial charge in [0.1, 0.15) is 5.75 Å². The smallest absolute Gasteiger partial charge is 0.388 e. The lowest BCUT2D eigenvalue weighted by Crippen LogP contribution is -2.06. The van der Waals surface area contributed by atoms with Crippen molar-refractivity contribution in [2.45, 2.75) is 20.5 Å². The van der Waals surface area contributed by atoms with E-state index in [0.29, 0.717) is 22.4 Å². The molecule has 1 N–H and O–H groups in total. The third-order valence-corrected chi connectivity index (χ3v) is 2.98. The van der Waals surface area contributed by atoms with Gasteiger partial charge in [0, 0.05) is 23.7 Å². The molecule has 4 nitrogen and oxygen atoms in total. The summed E-state index contributed by atoms with van der Waals surface area (Å²) in [4.78, 5) is 0. The van der Waals surface area contributed by atoms with Gasteiger partial charge < -0.3 is 9.84 Å². The van der Waals surface area contributed by atoms with Crippen molar-refractivity contribution in [1.29, 1.82) is 0 Å². The first kappa shape index (κ1) is 13.3. The van der Waals surface area contributed by atoms with Crippen molar-refractivity contribution in [3.8, 4) is 22.9 Å². The highest BCUT2D eigenvalue weighted by Crippen LogP contribution is 2.34. The monoisotopic (exact) mass is 268 g/mol. The van der Waals surface area contributed by atoms with Gasteiger partial charge in [-0.2, -0.15) is 13.9 Å². The Morgan fingerprint density at radius 2 is 1.95 bits per heavy atom. The predicted octanol–water partition coefficient (Wildman–Crippen LogP) is 3.01. The molecule has 1 aromatic carbocycles. The van der Waals surface area contributed by atoms with E-state index in [0.717, 1.165) is 0 Å². The molecule has 0 aliphatic carbocycles. The fraction of sp³-hybridized carbons (Fsp3) is 0.308. The number of alkyl halides is 2. The zero-order valence-electron chi connectivity index (χ0n) is 10.8. The molecule has 0 spiro atoms. The number of ether oxygens (including phenoxy) is 1. The predicted molar refractivity (Wildman–Crippen MR) is 66.4 cm³/mol. The maximum absolute atomic E-state index is 12.3. The zero-order valence-corrected chi connectivity index (χ0v) is 10.8. The van der Waals surface area contributed by atoms with Gasteiger partial charge in [0.25, 0.3) is 0 Å². The lowest BCUT2D eigenvalue weighted by Gasteiger charge is -2.06. The van der Waals surface area contributed by atoms with Crippen LogP contribution >= 0.6 is 0 Å². The first-order valence-electron chi connectivity index (χ1n) is 5.69. The average molecular weight is 268 g/mol. The summed E-state index contributed by atoms with van der Waals surface area (Å²) in [5.41, 5.74) is 2.37. The summed E-state index contributed by atoms with van der Waals surface area (Å²) in [6.45, 7) is 0.503. The Morgan fingerprint density at radius 1 is 1.26 bits per heavy atom. The molecule has 6 heteroatoms. The summed E-state index contributed by atoms with van der Waals surface area (Å²) in [6.07, 6.45) is 0. The Kier molecular flexibility index (Phi) is 3.42. The first-order chi connectivity index (χ1) is 8.91. The van der Waals surface area contributed by atoms with Crippen LogP contribution in [0, 0.1) is 13.8 Å². The fourth-order valence-corrected chi connectivity index (χ4v) is 2.00. The van der Waals surface area contributed by atoms with Crippen molar-refractivity contribution >= 4 is 0 Å². The molecule has 0 saturated carbocycles. The van der Waals surface area contributed by atoms with E-state index >= 15 is 0 Å². The number of phenols is 1. The van der Waals surface area contributed by atoms with Crippen LogP contribution in [0.25, 0.3) is 11.3 Å². The Balaban J connectivity index is 2.55. The lowest BCUT2D eigenvalue weighted by atomic mass is 10.0. The molecule has 0 amide bonds. The topological polar surface area (TPSA) is 47.3 Å². The molecule has 0 atom stereocenters. The van der Waals surface area contributed by atoms with Crippen LogP contribution in [0.3, 0.4) is 0 Å². The van der Waals surface area contributed by atoms with E-state index in [2.05, 4.69) is 9.84 Å². The summed E-state index contributed by atoms with van der Waals surface area (Å²) in [5.74, 6) is 0.159. The maximum atomic E-state index is 12.3. The number of rotatable bonds is 3. The molecule has 19 heavy (non-hydrogen) atoms. The van der Waals surface area contributed by atoms with Gasteiger partial charge in [-0.05, 0) is 19.9 Å². The number of halogens is 2. The molecular formula is C13H14F2N2O2. The summed E-state index contributed by atoms with van der Waals surface area (Å²) >= 11 is 0. The molecule has 0 aliphatic heterocycles. The Labute approximate surface area is 109 Å². The second-order valence-corrected chi connectivity index (χ2v) is 4.23. The van der Waals surface area contributed by atoms with Gasteiger partial charge in [0.15, 0.2) is 0 Å². The van der Waals surface area contributed by atoms with Crippen molar-refractivity contribution < 1.29 is 18.6 Å². The van der Waals surface area contributed by atoms with E-state index in [4.69, 9.17) is 0 Å². The quantitative estimate of drug-likeness (QED) is 0.930. The van der Waals surface area contributed by atoms with Gasteiger partial charge in [-0.25, -0.2) is 4.68 Å². The zero-order chi connectivity index (χ0) is 14.2. The Hall–Kier alpha value is -2.11. The van der Waals surface area contributed by atoms with Gasteiger partial charge in [-0.15, -0.1) is 0 Å². The second kappa shape index (κ2) is 4.87. The number of hydrogen-bond donors (Lipinski definition) is 1. The first-order valence-corrected chi connectivity index (χ1v) is 5.69. The van der Waals surface area contributed by atoms with E-state index in [-0.39, 0.29) is 11.6 Å². The van der Waals surface area contributed by atoms with Gasteiger partial charge in [0.05, 0.1) is 5.69 Å². The molecule has 0 aliphatic rings. The van der Waals surface area contributed by atoms with E-state index in [1.165, 1.54) is 11.7 Å². The highest BCUT2D eigenvalue weighted by Gasteiger charge is 2.19. The molecule has 0 bridgehead atoms. The van der Waals surface area contributed by atoms with Crippen LogP contribution < -0.4 is 4.74 Å². The molecule has 102 valence electrons. The molecule has 1 heterocycles. The Bertz CT molecular complexity index is 609. The minimum Gasteiger partial charge on any atom is -0.508 e. The molecule has 0 fully saturated rings. The highest BCUT2D eigenvalue weighted by atomic mass is 19.3. The SMILES string of the molecule is Cc1c(O)cccc1-c1nn(C)c(OC(F)F)c1C. The van der Waals surface area contributed by atoms with Gasteiger partial charge in [0.2, 0.25) is 5.88 Å². The standard InChI is InChI=1S/C13H14F2N2O2/c1-7-9(5-4-6-10(7)18)11-8(2)12(17(3)16-11)19-13(14)15/h4-6,13,18H,1-3H3. The van der Waals surface area contributed by atoms with Crippen LogP contribution in [-0.2, 0) is 7.05 Å². The summed E-state index contributed by atoms with van der Waals surface area (Å²) in [7, 11) is 1.53. The van der Waals surface area contributed by atoms with Crippen LogP contribution in [0.2, 0.25) is 0 Å². The number of benzene rings is 1. The van der Waals surface area contributed by atoms with Gasteiger partial charge >= 0.3 is 6.61 Å². The minimum absolute atomic E-state index is 0.0211. The highest BCUT2D eigenvalue weighted by molar-refractivity contribution is 5.70. The van der Waals surface area contributed by atoms with Crippen molar-refractivity contribution in [2.24, 2.45) is 7.05 Å². The van der Waals surface area contributed by atoms with Crippen LogP contribution in [0.5, 0.6) is 11.6 Å². The van der Waals surface area contributed by atoms with Crippen molar-refractivity contribution in [3.63, 3.8) is 0 Å².